The number of piperidine rings is 1. The van der Waals surface area contributed by atoms with Crippen molar-refractivity contribution in [3.8, 4) is 22.8 Å². The summed E-state index contributed by atoms with van der Waals surface area (Å²) < 4.78 is 2.60. The summed E-state index contributed by atoms with van der Waals surface area (Å²) >= 11 is 3.54. The van der Waals surface area contributed by atoms with Crippen LogP contribution in [0.4, 0.5) is 5.82 Å². The highest BCUT2D eigenvalue weighted by Crippen LogP contribution is 2.32. The summed E-state index contributed by atoms with van der Waals surface area (Å²) in [4.78, 5) is 7.10. The summed E-state index contributed by atoms with van der Waals surface area (Å²) in [5.41, 5.74) is 4.21. The standard InChI is InChI=1S/C25H26BrN5O2/c1-16-6-7-22(32)17(12-16)15-30-10-8-18(9-11-30)28-24-13-21(19-4-2-3-5-23(19)33)29-25-20(26)14-27-31(24)25/h2-7,12-14,18,28,32-33H,8-11,15H2,1H3. The fourth-order valence-corrected chi connectivity index (χ4v) is 4.74. The number of fused-ring (bicyclic) bond motifs is 1. The monoisotopic (exact) mass is 507 g/mol. The Morgan fingerprint density at radius 2 is 1.85 bits per heavy atom. The third-order valence-corrected chi connectivity index (χ3v) is 6.74. The van der Waals surface area contributed by atoms with Crippen LogP contribution in [0.1, 0.15) is 24.0 Å². The van der Waals surface area contributed by atoms with Gasteiger partial charge in [-0.2, -0.15) is 9.61 Å². The quantitative estimate of drug-likeness (QED) is 0.354. The van der Waals surface area contributed by atoms with Gasteiger partial charge in [0, 0.05) is 42.9 Å². The molecule has 0 atom stereocenters. The van der Waals surface area contributed by atoms with Crippen LogP contribution in [0.5, 0.6) is 11.5 Å². The summed E-state index contributed by atoms with van der Waals surface area (Å²) in [6.45, 7) is 4.68. The number of phenols is 2. The maximum absolute atomic E-state index is 10.3. The molecule has 0 bridgehead atoms. The number of nitrogens with one attached hydrogen (secondary N) is 1. The lowest BCUT2D eigenvalue weighted by Crippen LogP contribution is -2.39. The summed E-state index contributed by atoms with van der Waals surface area (Å²) in [7, 11) is 0. The fourth-order valence-electron chi connectivity index (χ4n) is 4.39. The van der Waals surface area contributed by atoms with Crippen molar-refractivity contribution in [2.45, 2.75) is 32.4 Å². The minimum Gasteiger partial charge on any atom is -0.508 e. The van der Waals surface area contributed by atoms with Crippen LogP contribution in [0.3, 0.4) is 0 Å². The van der Waals surface area contributed by atoms with Crippen molar-refractivity contribution in [2.75, 3.05) is 18.4 Å². The number of para-hydroxylation sites is 1. The Balaban J connectivity index is 1.34. The second-order valence-electron chi connectivity index (χ2n) is 8.60. The van der Waals surface area contributed by atoms with Gasteiger partial charge in [0.1, 0.15) is 17.3 Å². The van der Waals surface area contributed by atoms with Gasteiger partial charge < -0.3 is 15.5 Å². The zero-order valence-corrected chi connectivity index (χ0v) is 20.0. The number of aromatic hydroxyl groups is 2. The van der Waals surface area contributed by atoms with Crippen LogP contribution in [0.15, 0.2) is 59.2 Å². The van der Waals surface area contributed by atoms with Crippen molar-refractivity contribution in [3.63, 3.8) is 0 Å². The topological polar surface area (TPSA) is 85.9 Å². The van der Waals surface area contributed by atoms with E-state index in [4.69, 9.17) is 4.98 Å². The number of likely N-dealkylation sites (tertiary alicyclic amines) is 1. The van der Waals surface area contributed by atoms with Crippen molar-refractivity contribution in [1.82, 2.24) is 19.5 Å². The van der Waals surface area contributed by atoms with E-state index in [0.29, 0.717) is 22.7 Å². The van der Waals surface area contributed by atoms with E-state index < -0.39 is 0 Å². The van der Waals surface area contributed by atoms with Crippen molar-refractivity contribution >= 4 is 27.4 Å². The Labute approximate surface area is 200 Å². The number of anilines is 1. The molecule has 0 spiro atoms. The lowest BCUT2D eigenvalue weighted by Gasteiger charge is -2.33. The lowest BCUT2D eigenvalue weighted by molar-refractivity contribution is 0.209. The van der Waals surface area contributed by atoms with Crippen molar-refractivity contribution in [2.24, 2.45) is 0 Å². The number of nitrogens with zero attached hydrogens (tertiary/aromatic N) is 4. The van der Waals surface area contributed by atoms with Gasteiger partial charge in [-0.25, -0.2) is 4.98 Å². The Morgan fingerprint density at radius 1 is 1.06 bits per heavy atom. The van der Waals surface area contributed by atoms with Crippen molar-refractivity contribution in [3.05, 3.63) is 70.3 Å². The number of halogens is 1. The van der Waals surface area contributed by atoms with Gasteiger partial charge >= 0.3 is 0 Å². The molecule has 1 aliphatic heterocycles. The third kappa shape index (κ3) is 4.54. The highest BCUT2D eigenvalue weighted by Gasteiger charge is 2.22. The molecule has 170 valence electrons. The van der Waals surface area contributed by atoms with Crippen molar-refractivity contribution in [1.29, 1.82) is 0 Å². The highest BCUT2D eigenvalue weighted by molar-refractivity contribution is 9.10. The molecule has 0 aliphatic carbocycles. The van der Waals surface area contributed by atoms with E-state index in [0.717, 1.165) is 53.9 Å². The normalized spacial score (nSPS) is 15.2. The molecule has 2 aromatic heterocycles. The number of hydrogen-bond acceptors (Lipinski definition) is 6. The Morgan fingerprint density at radius 3 is 2.64 bits per heavy atom. The molecular weight excluding hydrogens is 482 g/mol. The summed E-state index contributed by atoms with van der Waals surface area (Å²) in [5, 5.41) is 28.6. The lowest BCUT2D eigenvalue weighted by atomic mass is 10.0. The molecule has 1 saturated heterocycles. The molecule has 0 radical (unpaired) electrons. The molecule has 0 saturated carbocycles. The molecule has 5 rings (SSSR count). The molecule has 0 amide bonds. The van der Waals surface area contributed by atoms with Crippen LogP contribution in [0, 0.1) is 6.92 Å². The molecular formula is C25H26BrN5O2. The molecule has 4 aromatic rings. The van der Waals surface area contributed by atoms with Gasteiger partial charge in [-0.15, -0.1) is 0 Å². The third-order valence-electron chi connectivity index (χ3n) is 6.18. The van der Waals surface area contributed by atoms with Gasteiger partial charge in [0.25, 0.3) is 0 Å². The van der Waals surface area contributed by atoms with E-state index in [1.54, 1.807) is 28.9 Å². The van der Waals surface area contributed by atoms with Crippen LogP contribution >= 0.6 is 15.9 Å². The fraction of sp³-hybridized carbons (Fsp3) is 0.280. The van der Waals surface area contributed by atoms with Crippen LogP contribution < -0.4 is 5.32 Å². The number of aryl methyl sites for hydroxylation is 1. The van der Waals surface area contributed by atoms with Gasteiger partial charge in [0.2, 0.25) is 0 Å². The van der Waals surface area contributed by atoms with E-state index in [1.165, 1.54) is 0 Å². The number of rotatable bonds is 5. The number of phenolic OH excluding ortho intramolecular Hbond substituents is 2. The first-order valence-corrected chi connectivity index (χ1v) is 11.9. The number of aromatic nitrogens is 3. The minimum atomic E-state index is 0.198. The summed E-state index contributed by atoms with van der Waals surface area (Å²) in [6.07, 6.45) is 3.69. The molecule has 1 aliphatic rings. The van der Waals surface area contributed by atoms with E-state index in [-0.39, 0.29) is 11.8 Å². The summed E-state index contributed by atoms with van der Waals surface area (Å²) in [6, 6.07) is 15.2. The number of hydrogen-bond donors (Lipinski definition) is 3. The van der Waals surface area contributed by atoms with Crippen LogP contribution in [-0.2, 0) is 6.54 Å². The second kappa shape index (κ2) is 9.03. The summed E-state index contributed by atoms with van der Waals surface area (Å²) in [5.74, 6) is 1.41. The van der Waals surface area contributed by atoms with Gasteiger partial charge in [-0.1, -0.05) is 29.8 Å². The highest BCUT2D eigenvalue weighted by atomic mass is 79.9. The first-order chi connectivity index (χ1) is 16.0. The zero-order chi connectivity index (χ0) is 22.9. The van der Waals surface area contributed by atoms with Crippen LogP contribution in [0.2, 0.25) is 0 Å². The van der Waals surface area contributed by atoms with E-state index in [9.17, 15) is 10.2 Å². The smallest absolute Gasteiger partial charge is 0.172 e. The predicted molar refractivity (Wildman–Crippen MR) is 133 cm³/mol. The Hall–Kier alpha value is -3.10. The molecule has 3 heterocycles. The van der Waals surface area contributed by atoms with Crippen molar-refractivity contribution < 1.29 is 10.2 Å². The van der Waals surface area contributed by atoms with Gasteiger partial charge in [0.15, 0.2) is 5.65 Å². The largest absolute Gasteiger partial charge is 0.508 e. The average molecular weight is 508 g/mol. The zero-order valence-electron chi connectivity index (χ0n) is 18.4. The molecule has 1 fully saturated rings. The van der Waals surface area contributed by atoms with Gasteiger partial charge in [0.05, 0.1) is 16.4 Å². The SMILES string of the molecule is Cc1ccc(O)c(CN2CCC(Nc3cc(-c4ccccc4O)nc4c(Br)cnn34)CC2)c1. The second-order valence-corrected chi connectivity index (χ2v) is 9.45. The van der Waals surface area contributed by atoms with Crippen LogP contribution in [0.25, 0.3) is 16.9 Å². The first-order valence-electron chi connectivity index (χ1n) is 11.1. The average Bonchev–Trinajstić information content (AvgIpc) is 3.19. The molecule has 7 nitrogen and oxygen atoms in total. The molecule has 0 unspecified atom stereocenters. The minimum absolute atomic E-state index is 0.198. The maximum Gasteiger partial charge on any atom is 0.172 e. The number of benzene rings is 2. The Kier molecular flexibility index (Phi) is 5.95. The molecule has 33 heavy (non-hydrogen) atoms. The van der Waals surface area contributed by atoms with E-state index >= 15 is 0 Å². The Bertz CT molecular complexity index is 1300. The van der Waals surface area contributed by atoms with E-state index in [2.05, 4.69) is 37.3 Å². The van der Waals surface area contributed by atoms with Gasteiger partial charge in [-0.05, 0) is 53.9 Å². The molecule has 2 aromatic carbocycles. The van der Waals surface area contributed by atoms with Gasteiger partial charge in [-0.3, -0.25) is 4.90 Å². The molecule has 8 heteroatoms. The van der Waals surface area contributed by atoms with E-state index in [1.807, 2.05) is 31.2 Å². The first kappa shape index (κ1) is 21.7. The van der Waals surface area contributed by atoms with Crippen LogP contribution in [-0.4, -0.2) is 48.8 Å². The predicted octanol–water partition coefficient (Wildman–Crippen LogP) is 4.95. The molecule has 3 N–H and O–H groups in total. The maximum atomic E-state index is 10.3.